The molecule has 37 heavy (non-hydrogen) atoms. The van der Waals surface area contributed by atoms with Gasteiger partial charge in [-0.2, -0.15) is 0 Å². The Morgan fingerprint density at radius 3 is 2.19 bits per heavy atom. The lowest BCUT2D eigenvalue weighted by Gasteiger charge is -2.39. The van der Waals surface area contributed by atoms with Gasteiger partial charge in [0.25, 0.3) is 0 Å². The Morgan fingerprint density at radius 1 is 0.892 bits per heavy atom. The smallest absolute Gasteiger partial charge is 0.239 e. The lowest BCUT2D eigenvalue weighted by atomic mass is 9.99. The SMILES string of the molecule is COc1ccc(-c2oc3cc(O[C@H]4O[C@@H](CO)[C@H](O)[C@@H](O)[C@@H]4O)c(OC)c(O)c3c(=O)c2OC)cc1O. The molecule has 1 aliphatic rings. The van der Waals surface area contributed by atoms with Gasteiger partial charge in [-0.05, 0) is 18.2 Å². The molecule has 0 amide bonds. The van der Waals surface area contributed by atoms with E-state index in [1.807, 2.05) is 0 Å². The summed E-state index contributed by atoms with van der Waals surface area (Å²) < 4.78 is 32.4. The first-order valence-corrected chi connectivity index (χ1v) is 11.0. The third-order valence-corrected chi connectivity index (χ3v) is 5.98. The molecule has 0 saturated carbocycles. The maximum atomic E-state index is 13.3. The van der Waals surface area contributed by atoms with Gasteiger partial charge in [0.1, 0.15) is 35.4 Å². The zero-order valence-electron chi connectivity index (χ0n) is 19.9. The van der Waals surface area contributed by atoms with Crippen LogP contribution in [0.4, 0.5) is 0 Å². The number of aromatic hydroxyl groups is 2. The molecule has 0 aliphatic carbocycles. The topological polar surface area (TPSA) is 198 Å². The van der Waals surface area contributed by atoms with Crippen LogP contribution in [0, 0.1) is 0 Å². The van der Waals surface area contributed by atoms with Gasteiger partial charge in [0.05, 0.1) is 27.9 Å². The van der Waals surface area contributed by atoms with Crippen molar-refractivity contribution >= 4 is 11.0 Å². The lowest BCUT2D eigenvalue weighted by Crippen LogP contribution is -2.60. The molecule has 2 heterocycles. The van der Waals surface area contributed by atoms with Crippen molar-refractivity contribution in [1.29, 1.82) is 0 Å². The van der Waals surface area contributed by atoms with Gasteiger partial charge in [-0.15, -0.1) is 0 Å². The third-order valence-electron chi connectivity index (χ3n) is 5.98. The van der Waals surface area contributed by atoms with Crippen LogP contribution in [0.5, 0.6) is 34.5 Å². The standard InChI is InChI=1S/C24H26O13/c1-32-11-5-4-9(6-10(11)26)21-23(34-3)18(29)15-12(35-21)7-13(22(33-2)17(15)28)36-24-20(31)19(30)16(27)14(8-25)37-24/h4-7,14,16,19-20,24-28,30-31H,8H2,1-3H3/t14-,16-,19+,20-,24-/m0/s1. The van der Waals surface area contributed by atoms with Crippen molar-refractivity contribution in [3.05, 3.63) is 34.5 Å². The second-order valence-electron chi connectivity index (χ2n) is 8.13. The zero-order valence-corrected chi connectivity index (χ0v) is 19.9. The number of phenols is 2. The Balaban J connectivity index is 1.87. The molecule has 1 fully saturated rings. The fraction of sp³-hybridized carbons (Fsp3) is 0.375. The average molecular weight is 522 g/mol. The molecule has 1 saturated heterocycles. The first kappa shape index (κ1) is 26.3. The highest BCUT2D eigenvalue weighted by molar-refractivity contribution is 5.91. The number of hydrogen-bond acceptors (Lipinski definition) is 13. The van der Waals surface area contributed by atoms with Crippen molar-refractivity contribution < 1.29 is 58.7 Å². The summed E-state index contributed by atoms with van der Waals surface area (Å²) in [6.45, 7) is -0.683. The molecule has 200 valence electrons. The summed E-state index contributed by atoms with van der Waals surface area (Å²) >= 11 is 0. The minimum atomic E-state index is -1.75. The Bertz CT molecular complexity index is 1350. The monoisotopic (exact) mass is 522 g/mol. The van der Waals surface area contributed by atoms with Crippen molar-refractivity contribution in [2.24, 2.45) is 0 Å². The number of phenolic OH excluding ortho intramolecular Hbond substituents is 2. The number of aliphatic hydroxyl groups is 4. The molecule has 2 aromatic carbocycles. The second kappa shape index (κ2) is 10.3. The molecule has 1 aliphatic heterocycles. The molecule has 13 nitrogen and oxygen atoms in total. The van der Waals surface area contributed by atoms with E-state index in [-0.39, 0.29) is 51.0 Å². The summed E-state index contributed by atoms with van der Waals surface area (Å²) in [7, 11) is 3.79. The van der Waals surface area contributed by atoms with Crippen molar-refractivity contribution in [2.75, 3.05) is 27.9 Å². The van der Waals surface area contributed by atoms with Crippen molar-refractivity contribution in [1.82, 2.24) is 0 Å². The molecule has 0 radical (unpaired) electrons. The summed E-state index contributed by atoms with van der Waals surface area (Å²) in [5, 5.41) is 60.6. The van der Waals surface area contributed by atoms with Crippen LogP contribution in [-0.2, 0) is 4.74 Å². The largest absolute Gasteiger partial charge is 0.504 e. The number of fused-ring (bicyclic) bond motifs is 1. The number of hydrogen-bond donors (Lipinski definition) is 6. The van der Waals surface area contributed by atoms with E-state index >= 15 is 0 Å². The van der Waals surface area contributed by atoms with E-state index in [0.29, 0.717) is 0 Å². The summed E-state index contributed by atoms with van der Waals surface area (Å²) in [5.74, 6) is -1.64. The van der Waals surface area contributed by atoms with Crippen LogP contribution in [0.1, 0.15) is 0 Å². The van der Waals surface area contributed by atoms with Gasteiger partial charge in [0.2, 0.25) is 23.2 Å². The molecule has 13 heteroatoms. The van der Waals surface area contributed by atoms with Crippen LogP contribution in [0.15, 0.2) is 33.5 Å². The van der Waals surface area contributed by atoms with Gasteiger partial charge in [-0.3, -0.25) is 4.79 Å². The van der Waals surface area contributed by atoms with E-state index < -0.39 is 48.5 Å². The predicted octanol–water partition coefficient (Wildman–Crippen LogP) is 0.0757. The van der Waals surface area contributed by atoms with E-state index in [1.165, 1.54) is 45.6 Å². The van der Waals surface area contributed by atoms with Crippen LogP contribution < -0.4 is 24.4 Å². The van der Waals surface area contributed by atoms with E-state index in [2.05, 4.69) is 0 Å². The number of aliphatic hydroxyl groups excluding tert-OH is 4. The van der Waals surface area contributed by atoms with Crippen molar-refractivity contribution in [3.63, 3.8) is 0 Å². The molecule has 3 aromatic rings. The number of ether oxygens (including phenoxy) is 5. The minimum absolute atomic E-state index is 0.0821. The van der Waals surface area contributed by atoms with E-state index in [4.69, 9.17) is 28.1 Å². The predicted molar refractivity (Wildman–Crippen MR) is 125 cm³/mol. The van der Waals surface area contributed by atoms with E-state index in [9.17, 15) is 35.4 Å². The Morgan fingerprint density at radius 2 is 1.59 bits per heavy atom. The molecule has 4 rings (SSSR count). The van der Waals surface area contributed by atoms with Crippen molar-refractivity contribution in [3.8, 4) is 45.8 Å². The summed E-state index contributed by atoms with van der Waals surface area (Å²) in [6.07, 6.45) is -7.93. The van der Waals surface area contributed by atoms with Gasteiger partial charge in [0.15, 0.2) is 28.8 Å². The highest BCUT2D eigenvalue weighted by Crippen LogP contribution is 2.45. The molecule has 0 spiro atoms. The van der Waals surface area contributed by atoms with Crippen LogP contribution in [0.3, 0.4) is 0 Å². The molecular formula is C24H26O13. The number of rotatable bonds is 7. The number of benzene rings is 2. The third kappa shape index (κ3) is 4.47. The van der Waals surface area contributed by atoms with E-state index in [0.717, 1.165) is 0 Å². The lowest BCUT2D eigenvalue weighted by molar-refractivity contribution is -0.277. The fourth-order valence-electron chi connectivity index (χ4n) is 4.06. The molecule has 6 N–H and O–H groups in total. The summed E-state index contributed by atoms with van der Waals surface area (Å²) in [5.41, 5.74) is -0.695. The van der Waals surface area contributed by atoms with Gasteiger partial charge in [-0.1, -0.05) is 0 Å². The van der Waals surface area contributed by atoms with Gasteiger partial charge >= 0.3 is 0 Å². The minimum Gasteiger partial charge on any atom is -0.504 e. The Kier molecular flexibility index (Phi) is 7.34. The first-order valence-electron chi connectivity index (χ1n) is 11.0. The van der Waals surface area contributed by atoms with Crippen LogP contribution >= 0.6 is 0 Å². The van der Waals surface area contributed by atoms with Crippen molar-refractivity contribution in [2.45, 2.75) is 30.7 Å². The highest BCUT2D eigenvalue weighted by atomic mass is 16.7. The molecule has 0 bridgehead atoms. The second-order valence-corrected chi connectivity index (χ2v) is 8.13. The first-order chi connectivity index (χ1) is 17.7. The Hall–Kier alpha value is -3.75. The van der Waals surface area contributed by atoms with Gasteiger partial charge in [0, 0.05) is 11.6 Å². The molecule has 0 unspecified atom stereocenters. The van der Waals surface area contributed by atoms with Crippen LogP contribution in [0.25, 0.3) is 22.3 Å². The summed E-state index contributed by atoms with van der Waals surface area (Å²) in [4.78, 5) is 13.3. The fourth-order valence-corrected chi connectivity index (χ4v) is 4.06. The van der Waals surface area contributed by atoms with Gasteiger partial charge in [-0.25, -0.2) is 0 Å². The molecular weight excluding hydrogens is 496 g/mol. The van der Waals surface area contributed by atoms with Crippen LogP contribution in [-0.4, -0.2) is 89.3 Å². The van der Waals surface area contributed by atoms with Gasteiger partial charge < -0.3 is 58.7 Å². The van der Waals surface area contributed by atoms with E-state index in [1.54, 1.807) is 0 Å². The summed E-state index contributed by atoms with van der Waals surface area (Å²) in [6, 6.07) is 5.44. The quantitative estimate of drug-likeness (QED) is 0.244. The number of methoxy groups -OCH3 is 3. The zero-order chi connectivity index (χ0) is 27.0. The maximum Gasteiger partial charge on any atom is 0.239 e. The highest BCUT2D eigenvalue weighted by Gasteiger charge is 2.45. The average Bonchev–Trinajstić information content (AvgIpc) is 2.88. The Labute approximate surface area is 209 Å². The normalized spacial score (nSPS) is 23.6. The maximum absolute atomic E-state index is 13.3. The molecule has 5 atom stereocenters. The molecule has 1 aromatic heterocycles. The van der Waals surface area contributed by atoms with Crippen LogP contribution in [0.2, 0.25) is 0 Å².